The Morgan fingerprint density at radius 1 is 1.40 bits per heavy atom. The van der Waals surface area contributed by atoms with E-state index in [0.29, 0.717) is 11.0 Å². The monoisotopic (exact) mass is 239 g/mol. The van der Waals surface area contributed by atoms with E-state index in [1.54, 1.807) is 0 Å². The molecule has 6 nitrogen and oxygen atoms in total. The Balaban J connectivity index is 0. The summed E-state index contributed by atoms with van der Waals surface area (Å²) >= 11 is 0. The lowest BCUT2D eigenvalue weighted by atomic mass is 10.2. The third-order valence-electron chi connectivity index (χ3n) is 1.54. The van der Waals surface area contributed by atoms with Crippen molar-refractivity contribution in [2.24, 2.45) is 5.73 Å². The summed E-state index contributed by atoms with van der Waals surface area (Å²) in [5.74, 6) is -0.947. The molecule has 7 heteroatoms. The molecule has 0 rings (SSSR count). The predicted octanol–water partition coefficient (Wildman–Crippen LogP) is -3.79. The maximum atomic E-state index is 10.6. The number of quaternary nitrogens is 1. The zero-order valence-electron chi connectivity index (χ0n) is 9.16. The molecule has 2 amide bonds. The quantitative estimate of drug-likeness (QED) is 0.430. The van der Waals surface area contributed by atoms with Crippen LogP contribution in [0.25, 0.3) is 0 Å². The molecule has 0 aromatic carbocycles. The van der Waals surface area contributed by atoms with Gasteiger partial charge < -0.3 is 33.0 Å². The topological polar surface area (TPSA) is 92.4 Å². The van der Waals surface area contributed by atoms with E-state index < -0.39 is 18.0 Å². The van der Waals surface area contributed by atoms with Crippen LogP contribution < -0.4 is 23.5 Å². The first kappa shape index (κ1) is 16.4. The van der Waals surface area contributed by atoms with Gasteiger partial charge in [-0.3, -0.25) is 4.79 Å². The fourth-order valence-electron chi connectivity index (χ4n) is 1.23. The maximum absolute atomic E-state index is 10.6. The molecule has 0 aliphatic heterocycles. The Bertz CT molecular complexity index is 212. The second kappa shape index (κ2) is 6.47. The zero-order valence-corrected chi connectivity index (χ0v) is 9.91. The minimum absolute atomic E-state index is 0. The summed E-state index contributed by atoms with van der Waals surface area (Å²) in [4.78, 5) is 21.1. The van der Waals surface area contributed by atoms with Crippen molar-refractivity contribution in [2.45, 2.75) is 12.5 Å². The molecule has 4 N–H and O–H groups in total. The highest BCUT2D eigenvalue weighted by molar-refractivity contribution is 5.74. The highest BCUT2D eigenvalue weighted by Gasteiger charge is 2.21. The van der Waals surface area contributed by atoms with Crippen molar-refractivity contribution in [2.75, 3.05) is 27.7 Å². The van der Waals surface area contributed by atoms with Crippen LogP contribution in [0.3, 0.4) is 0 Å². The van der Waals surface area contributed by atoms with Crippen molar-refractivity contribution in [1.29, 1.82) is 0 Å². The number of hydrogen-bond donors (Lipinski definition) is 3. The molecular weight excluding hydrogens is 222 g/mol. The van der Waals surface area contributed by atoms with Crippen LogP contribution in [0.1, 0.15) is 6.42 Å². The summed E-state index contributed by atoms with van der Waals surface area (Å²) in [7, 11) is 5.74. The van der Waals surface area contributed by atoms with Gasteiger partial charge in [0.05, 0.1) is 40.2 Å². The van der Waals surface area contributed by atoms with E-state index in [1.807, 2.05) is 21.1 Å². The molecule has 1 atom stereocenters. The summed E-state index contributed by atoms with van der Waals surface area (Å²) in [6.45, 7) is 0.523. The summed E-state index contributed by atoms with van der Waals surface area (Å²) in [5, 5.41) is 11.0. The molecule has 0 aromatic heterocycles. The highest BCUT2D eigenvalue weighted by atomic mass is 35.5. The Kier molecular flexibility index (Phi) is 7.08. The molecule has 0 heterocycles. The molecule has 0 unspecified atom stereocenters. The number of nitrogens with zero attached hydrogens (tertiary/aromatic N) is 1. The van der Waals surface area contributed by atoms with E-state index in [2.05, 4.69) is 5.32 Å². The van der Waals surface area contributed by atoms with Crippen LogP contribution >= 0.6 is 0 Å². The number of rotatable bonds is 5. The van der Waals surface area contributed by atoms with Gasteiger partial charge in [0.1, 0.15) is 0 Å². The first-order chi connectivity index (χ1) is 6.20. The number of amides is 2. The number of aliphatic carboxylic acids is 1. The Hall–Kier alpha value is -1.01. The average molecular weight is 240 g/mol. The van der Waals surface area contributed by atoms with Gasteiger partial charge >= 0.3 is 12.0 Å². The normalized spacial score (nSPS) is 12.5. The van der Waals surface area contributed by atoms with Crippen LogP contribution in [0.4, 0.5) is 4.79 Å². The van der Waals surface area contributed by atoms with Crippen molar-refractivity contribution in [1.82, 2.24) is 5.32 Å². The van der Waals surface area contributed by atoms with Crippen molar-refractivity contribution in [3.63, 3.8) is 0 Å². The molecular formula is C8H18ClN3O3. The smallest absolute Gasteiger partial charge is 0.312 e. The number of carbonyl (C=O) groups excluding carboxylic acids is 1. The minimum atomic E-state index is -0.947. The first-order valence-electron chi connectivity index (χ1n) is 4.29. The van der Waals surface area contributed by atoms with Gasteiger partial charge in [0, 0.05) is 0 Å². The number of carboxylic acids is 1. The van der Waals surface area contributed by atoms with Crippen LogP contribution in [0.5, 0.6) is 0 Å². The third kappa shape index (κ3) is 10.9. The Labute approximate surface area is 95.4 Å². The standard InChI is InChI=1S/C8H17N3O3.ClH/c1-11(2,3)5-6(4-7(12)13)10-8(9)14;/h6H,4-5H2,1-3H3,(H3-,9,10,12,13,14);1H/t6-;/m1./s1. The second-order valence-electron chi connectivity index (χ2n) is 4.28. The molecule has 0 aliphatic rings. The number of hydrogen-bond acceptors (Lipinski definition) is 2. The molecule has 0 bridgehead atoms. The molecule has 0 aliphatic carbocycles. The number of primary amides is 1. The molecule has 90 valence electrons. The zero-order chi connectivity index (χ0) is 11.4. The third-order valence-corrected chi connectivity index (χ3v) is 1.54. The predicted molar refractivity (Wildman–Crippen MR) is 51.7 cm³/mol. The van der Waals surface area contributed by atoms with E-state index >= 15 is 0 Å². The number of nitrogens with one attached hydrogen (secondary N) is 1. The Morgan fingerprint density at radius 3 is 2.13 bits per heavy atom. The van der Waals surface area contributed by atoms with Crippen molar-refractivity contribution >= 4 is 12.0 Å². The highest BCUT2D eigenvalue weighted by Crippen LogP contribution is 1.99. The molecule has 15 heavy (non-hydrogen) atoms. The molecule has 0 saturated heterocycles. The van der Waals surface area contributed by atoms with Crippen LogP contribution in [0.2, 0.25) is 0 Å². The second-order valence-corrected chi connectivity index (χ2v) is 4.28. The van der Waals surface area contributed by atoms with Gasteiger partial charge in [-0.05, 0) is 0 Å². The van der Waals surface area contributed by atoms with E-state index in [-0.39, 0.29) is 18.8 Å². The molecule has 0 spiro atoms. The van der Waals surface area contributed by atoms with Gasteiger partial charge in [0.2, 0.25) is 0 Å². The summed E-state index contributed by atoms with van der Waals surface area (Å²) in [6.07, 6.45) is -0.113. The molecule has 0 aromatic rings. The van der Waals surface area contributed by atoms with Crippen LogP contribution in [-0.4, -0.2) is 55.3 Å². The van der Waals surface area contributed by atoms with E-state index in [4.69, 9.17) is 10.8 Å². The Morgan fingerprint density at radius 2 is 1.87 bits per heavy atom. The van der Waals surface area contributed by atoms with Crippen LogP contribution in [-0.2, 0) is 4.79 Å². The number of carbonyl (C=O) groups is 2. The van der Waals surface area contributed by atoms with Gasteiger partial charge in [-0.15, -0.1) is 0 Å². The number of nitrogens with two attached hydrogens (primary N) is 1. The SMILES string of the molecule is C[N+](C)(C)C[C@@H](CC(=O)O)NC(N)=O.[Cl-]. The molecule has 0 radical (unpaired) electrons. The lowest BCUT2D eigenvalue weighted by Crippen LogP contribution is -3.00. The lowest BCUT2D eigenvalue weighted by Gasteiger charge is -2.28. The van der Waals surface area contributed by atoms with Gasteiger partial charge in [0.25, 0.3) is 0 Å². The van der Waals surface area contributed by atoms with E-state index in [9.17, 15) is 9.59 Å². The van der Waals surface area contributed by atoms with Crippen molar-refractivity contribution in [3.05, 3.63) is 0 Å². The van der Waals surface area contributed by atoms with E-state index in [1.165, 1.54) is 0 Å². The summed E-state index contributed by atoms with van der Waals surface area (Å²) < 4.78 is 0.568. The average Bonchev–Trinajstić information content (AvgIpc) is 1.77. The number of carboxylic acid groups (broad SMARTS) is 1. The minimum Gasteiger partial charge on any atom is -1.00 e. The van der Waals surface area contributed by atoms with Gasteiger partial charge in [-0.2, -0.15) is 0 Å². The first-order valence-corrected chi connectivity index (χ1v) is 4.29. The fourth-order valence-corrected chi connectivity index (χ4v) is 1.23. The molecule has 0 fully saturated rings. The van der Waals surface area contributed by atoms with Crippen LogP contribution in [0.15, 0.2) is 0 Å². The number of halogens is 1. The lowest BCUT2D eigenvalue weighted by molar-refractivity contribution is -0.871. The van der Waals surface area contributed by atoms with Crippen molar-refractivity contribution < 1.29 is 31.6 Å². The van der Waals surface area contributed by atoms with E-state index in [0.717, 1.165) is 0 Å². The number of likely N-dealkylation sites (N-methyl/N-ethyl adjacent to an activating group) is 1. The van der Waals surface area contributed by atoms with Gasteiger partial charge in [0.15, 0.2) is 0 Å². The number of urea groups is 1. The molecule has 0 saturated carbocycles. The maximum Gasteiger partial charge on any atom is 0.312 e. The van der Waals surface area contributed by atoms with Crippen LogP contribution in [0, 0.1) is 0 Å². The van der Waals surface area contributed by atoms with Gasteiger partial charge in [-0.1, -0.05) is 0 Å². The summed E-state index contributed by atoms with van der Waals surface area (Å²) in [6, 6.07) is -1.12. The van der Waals surface area contributed by atoms with Crippen molar-refractivity contribution in [3.8, 4) is 0 Å². The summed E-state index contributed by atoms with van der Waals surface area (Å²) in [5.41, 5.74) is 4.94. The van der Waals surface area contributed by atoms with Gasteiger partial charge in [-0.25, -0.2) is 4.79 Å². The largest absolute Gasteiger partial charge is 1.00 e. The fraction of sp³-hybridized carbons (Fsp3) is 0.750.